The predicted molar refractivity (Wildman–Crippen MR) is 96.8 cm³/mol. The molecule has 0 saturated carbocycles. The van der Waals surface area contributed by atoms with Gasteiger partial charge in [0.05, 0.1) is 15.2 Å². The molecular formula is C16H23N3O2S2. The number of likely N-dealkylation sites (N-methyl/N-ethyl adjacent to an activating group) is 1. The van der Waals surface area contributed by atoms with Crippen LogP contribution in [0.1, 0.15) is 43.3 Å². The highest BCUT2D eigenvalue weighted by atomic mass is 32.1. The average molecular weight is 354 g/mol. The number of nitrogens with zero attached hydrogens (tertiary/aromatic N) is 3. The van der Waals surface area contributed by atoms with Crippen LogP contribution in [-0.4, -0.2) is 52.7 Å². The van der Waals surface area contributed by atoms with Crippen molar-refractivity contribution in [1.82, 2.24) is 9.88 Å². The van der Waals surface area contributed by atoms with Crippen LogP contribution in [0.15, 0.2) is 6.07 Å². The molecule has 0 aliphatic carbocycles. The first-order valence-electron chi connectivity index (χ1n) is 8.04. The largest absolute Gasteiger partial charge is 0.389 e. The quantitative estimate of drug-likeness (QED) is 0.897. The maximum absolute atomic E-state index is 12.7. The summed E-state index contributed by atoms with van der Waals surface area (Å²) >= 11 is 3.12. The minimum absolute atomic E-state index is 0.0208. The molecule has 0 bridgehead atoms. The van der Waals surface area contributed by atoms with Crippen molar-refractivity contribution in [3.8, 4) is 0 Å². The van der Waals surface area contributed by atoms with Gasteiger partial charge in [-0.2, -0.15) is 0 Å². The van der Waals surface area contributed by atoms with E-state index in [1.807, 2.05) is 13.0 Å². The summed E-state index contributed by atoms with van der Waals surface area (Å²) in [7, 11) is 0. The van der Waals surface area contributed by atoms with Gasteiger partial charge in [-0.25, -0.2) is 4.98 Å². The highest BCUT2D eigenvalue weighted by Crippen LogP contribution is 2.36. The number of thiazole rings is 1. The molecule has 2 aromatic rings. The standard InChI is InChI=1S/C16H23N3O2S2/c1-4-18(10-16(2,3)21)14(20)12-9-11-13(22-12)17-15(23-11)19-7-5-6-8-19/h9,21H,4-8,10H2,1-3H3. The molecular weight excluding hydrogens is 330 g/mol. The Kier molecular flexibility index (Phi) is 4.62. The lowest BCUT2D eigenvalue weighted by Gasteiger charge is -2.27. The van der Waals surface area contributed by atoms with Crippen molar-refractivity contribution < 1.29 is 9.90 Å². The summed E-state index contributed by atoms with van der Waals surface area (Å²) in [5, 5.41) is 11.0. The SMILES string of the molecule is CCN(CC(C)(C)O)C(=O)c1cc2sc(N3CCCC3)nc2s1. The summed E-state index contributed by atoms with van der Waals surface area (Å²) in [6.45, 7) is 8.47. The molecule has 1 fully saturated rings. The zero-order valence-electron chi connectivity index (χ0n) is 13.8. The van der Waals surface area contributed by atoms with E-state index in [-0.39, 0.29) is 5.91 Å². The highest BCUT2D eigenvalue weighted by molar-refractivity contribution is 7.29. The van der Waals surface area contributed by atoms with Gasteiger partial charge in [0.1, 0.15) is 4.83 Å². The third kappa shape index (κ3) is 3.67. The second-order valence-corrected chi connectivity index (χ2v) is 8.64. The van der Waals surface area contributed by atoms with Gasteiger partial charge in [-0.3, -0.25) is 4.79 Å². The molecule has 0 spiro atoms. The second kappa shape index (κ2) is 6.37. The Labute approximate surface area is 144 Å². The molecule has 0 radical (unpaired) electrons. The summed E-state index contributed by atoms with van der Waals surface area (Å²) in [6.07, 6.45) is 2.47. The van der Waals surface area contributed by atoms with Gasteiger partial charge in [-0.15, -0.1) is 11.3 Å². The van der Waals surface area contributed by atoms with E-state index < -0.39 is 5.60 Å². The lowest BCUT2D eigenvalue weighted by atomic mass is 10.1. The lowest BCUT2D eigenvalue weighted by Crippen LogP contribution is -2.41. The van der Waals surface area contributed by atoms with Crippen LogP contribution in [0.3, 0.4) is 0 Å². The predicted octanol–water partition coefficient (Wildman–Crippen LogP) is 3.19. The minimum atomic E-state index is -0.887. The molecule has 1 aliphatic rings. The average Bonchev–Trinajstić information content (AvgIpc) is 3.16. The third-order valence-corrected chi connectivity index (χ3v) is 6.12. The molecule has 7 heteroatoms. The van der Waals surface area contributed by atoms with E-state index in [0.717, 1.165) is 27.8 Å². The first-order chi connectivity index (χ1) is 10.9. The Morgan fingerprint density at radius 1 is 1.39 bits per heavy atom. The van der Waals surface area contributed by atoms with Crippen LogP contribution in [0.25, 0.3) is 9.53 Å². The molecule has 2 aromatic heterocycles. The summed E-state index contributed by atoms with van der Waals surface area (Å²) in [4.78, 5) is 23.0. The van der Waals surface area contributed by atoms with Crippen molar-refractivity contribution in [2.45, 2.75) is 39.2 Å². The van der Waals surface area contributed by atoms with Gasteiger partial charge in [-0.1, -0.05) is 11.3 Å². The summed E-state index contributed by atoms with van der Waals surface area (Å²) < 4.78 is 1.08. The van der Waals surface area contributed by atoms with E-state index in [4.69, 9.17) is 4.98 Å². The number of amides is 1. The van der Waals surface area contributed by atoms with E-state index in [2.05, 4.69) is 4.90 Å². The molecule has 1 amide bonds. The molecule has 1 saturated heterocycles. The van der Waals surface area contributed by atoms with Crippen molar-refractivity contribution in [3.63, 3.8) is 0 Å². The monoisotopic (exact) mass is 353 g/mol. The van der Waals surface area contributed by atoms with Crippen molar-refractivity contribution >= 4 is 43.2 Å². The van der Waals surface area contributed by atoms with E-state index in [1.54, 1.807) is 30.1 Å². The Bertz CT molecular complexity index is 664. The van der Waals surface area contributed by atoms with E-state index in [0.29, 0.717) is 18.0 Å². The van der Waals surface area contributed by atoms with Gasteiger partial charge in [0.15, 0.2) is 5.13 Å². The normalized spacial score (nSPS) is 15.6. The number of aromatic nitrogens is 1. The van der Waals surface area contributed by atoms with Gasteiger partial charge in [0.2, 0.25) is 0 Å². The Morgan fingerprint density at radius 3 is 2.65 bits per heavy atom. The minimum Gasteiger partial charge on any atom is -0.389 e. The highest BCUT2D eigenvalue weighted by Gasteiger charge is 2.25. The van der Waals surface area contributed by atoms with Crippen LogP contribution >= 0.6 is 22.7 Å². The Balaban J connectivity index is 1.79. The van der Waals surface area contributed by atoms with Crippen LogP contribution in [-0.2, 0) is 0 Å². The maximum Gasteiger partial charge on any atom is 0.264 e. The summed E-state index contributed by atoms with van der Waals surface area (Å²) in [5.41, 5.74) is -0.887. The second-order valence-electron chi connectivity index (χ2n) is 6.60. The molecule has 1 aliphatic heterocycles. The van der Waals surface area contributed by atoms with Crippen LogP contribution < -0.4 is 4.90 Å². The van der Waals surface area contributed by atoms with Gasteiger partial charge in [0.25, 0.3) is 5.91 Å². The van der Waals surface area contributed by atoms with Crippen molar-refractivity contribution in [2.75, 3.05) is 31.1 Å². The zero-order chi connectivity index (χ0) is 16.6. The number of aliphatic hydroxyl groups is 1. The zero-order valence-corrected chi connectivity index (χ0v) is 15.5. The first-order valence-corrected chi connectivity index (χ1v) is 9.67. The van der Waals surface area contributed by atoms with E-state index >= 15 is 0 Å². The maximum atomic E-state index is 12.7. The van der Waals surface area contributed by atoms with Gasteiger partial charge < -0.3 is 14.9 Å². The first kappa shape index (κ1) is 16.7. The summed E-state index contributed by atoms with van der Waals surface area (Å²) in [6, 6.07) is 1.95. The Morgan fingerprint density at radius 2 is 2.09 bits per heavy atom. The molecule has 126 valence electrons. The Hall–Kier alpha value is -1.18. The number of anilines is 1. The molecule has 0 atom stereocenters. The van der Waals surface area contributed by atoms with E-state index in [1.165, 1.54) is 24.2 Å². The van der Waals surface area contributed by atoms with Crippen LogP contribution in [0.5, 0.6) is 0 Å². The number of hydrogen-bond donors (Lipinski definition) is 1. The molecule has 5 nitrogen and oxygen atoms in total. The van der Waals surface area contributed by atoms with Crippen molar-refractivity contribution in [1.29, 1.82) is 0 Å². The number of rotatable bonds is 5. The van der Waals surface area contributed by atoms with Crippen molar-refractivity contribution in [3.05, 3.63) is 10.9 Å². The fourth-order valence-corrected chi connectivity index (χ4v) is 5.05. The molecule has 1 N–H and O–H groups in total. The van der Waals surface area contributed by atoms with Crippen LogP contribution in [0.2, 0.25) is 0 Å². The van der Waals surface area contributed by atoms with Crippen molar-refractivity contribution in [2.24, 2.45) is 0 Å². The van der Waals surface area contributed by atoms with Gasteiger partial charge >= 0.3 is 0 Å². The fraction of sp³-hybridized carbons (Fsp3) is 0.625. The lowest BCUT2D eigenvalue weighted by molar-refractivity contribution is 0.0317. The molecule has 23 heavy (non-hydrogen) atoms. The number of carbonyl (C=O) groups is 1. The molecule has 3 heterocycles. The van der Waals surface area contributed by atoms with E-state index in [9.17, 15) is 9.90 Å². The summed E-state index contributed by atoms with van der Waals surface area (Å²) in [5.74, 6) is -0.0208. The smallest absolute Gasteiger partial charge is 0.264 e. The molecule has 0 unspecified atom stereocenters. The number of thiophene rings is 1. The number of carbonyl (C=O) groups excluding carboxylic acids is 1. The van der Waals surface area contributed by atoms with Gasteiger partial charge in [-0.05, 0) is 39.7 Å². The number of fused-ring (bicyclic) bond motifs is 1. The number of hydrogen-bond acceptors (Lipinski definition) is 6. The van der Waals surface area contributed by atoms with Crippen LogP contribution in [0, 0.1) is 0 Å². The molecule has 3 rings (SSSR count). The van der Waals surface area contributed by atoms with Crippen LogP contribution in [0.4, 0.5) is 5.13 Å². The van der Waals surface area contributed by atoms with Gasteiger partial charge in [0, 0.05) is 26.2 Å². The molecule has 0 aromatic carbocycles. The fourth-order valence-electron chi connectivity index (χ4n) is 2.82. The third-order valence-electron chi connectivity index (χ3n) is 3.91. The topological polar surface area (TPSA) is 56.7 Å².